The molecule has 1 N–H and O–H groups in total. The van der Waals surface area contributed by atoms with Gasteiger partial charge < -0.3 is 5.32 Å². The molecule has 0 unspecified atom stereocenters. The van der Waals surface area contributed by atoms with Gasteiger partial charge in [0.05, 0.1) is 6.54 Å². The first kappa shape index (κ1) is 16.8. The number of hydrogen-bond acceptors (Lipinski definition) is 2. The molecule has 1 fully saturated rings. The first-order chi connectivity index (χ1) is 8.80. The molecule has 0 radical (unpaired) electrons. The van der Waals surface area contributed by atoms with E-state index in [1.54, 1.807) is 4.90 Å². The summed E-state index contributed by atoms with van der Waals surface area (Å²) >= 11 is 0. The summed E-state index contributed by atoms with van der Waals surface area (Å²) in [6.07, 6.45) is 0.224. The van der Waals surface area contributed by atoms with Gasteiger partial charge in [-0.1, -0.05) is 26.7 Å². The molecule has 1 rings (SSSR count). The number of nitrogens with zero attached hydrogens (tertiary/aromatic N) is 1. The fraction of sp³-hybridized carbons (Fsp3) is 1.00. The van der Waals surface area contributed by atoms with E-state index in [2.05, 4.69) is 12.2 Å². The maximum atomic E-state index is 12.6. The number of hydrogen-bond donors (Lipinski definition) is 1. The standard InChI is InChI=1S/C14H27F3N2/c1-4-19(11-14(15,16)17)10-13(9-18-3)7-5-12(2)6-8-13/h12,18H,4-11H2,1-3H3. The van der Waals surface area contributed by atoms with E-state index in [-0.39, 0.29) is 5.41 Å². The summed E-state index contributed by atoms with van der Waals surface area (Å²) in [5, 5.41) is 3.18. The molecule has 0 bridgehead atoms. The Morgan fingerprint density at radius 3 is 2.26 bits per heavy atom. The topological polar surface area (TPSA) is 15.3 Å². The van der Waals surface area contributed by atoms with Gasteiger partial charge in [0.2, 0.25) is 0 Å². The van der Waals surface area contributed by atoms with Crippen LogP contribution < -0.4 is 5.32 Å². The summed E-state index contributed by atoms with van der Waals surface area (Å²) < 4.78 is 37.7. The maximum Gasteiger partial charge on any atom is 0.401 e. The number of alkyl halides is 3. The Morgan fingerprint density at radius 2 is 1.84 bits per heavy atom. The predicted molar refractivity (Wildman–Crippen MR) is 72.2 cm³/mol. The highest BCUT2D eigenvalue weighted by molar-refractivity contribution is 4.89. The van der Waals surface area contributed by atoms with E-state index < -0.39 is 12.7 Å². The summed E-state index contributed by atoms with van der Waals surface area (Å²) in [5.74, 6) is 0.711. The van der Waals surface area contributed by atoms with Crippen molar-refractivity contribution < 1.29 is 13.2 Å². The maximum absolute atomic E-state index is 12.6. The van der Waals surface area contributed by atoms with Crippen LogP contribution in [0.4, 0.5) is 13.2 Å². The average Bonchev–Trinajstić information content (AvgIpc) is 2.31. The van der Waals surface area contributed by atoms with Crippen molar-refractivity contribution in [2.45, 2.75) is 45.7 Å². The first-order valence-electron chi connectivity index (χ1n) is 7.24. The van der Waals surface area contributed by atoms with E-state index in [0.717, 1.165) is 32.2 Å². The van der Waals surface area contributed by atoms with Crippen molar-refractivity contribution in [3.8, 4) is 0 Å². The van der Waals surface area contributed by atoms with Crippen LogP contribution in [0.15, 0.2) is 0 Å². The largest absolute Gasteiger partial charge is 0.401 e. The Hall–Kier alpha value is -0.290. The molecule has 0 aromatic carbocycles. The van der Waals surface area contributed by atoms with E-state index in [1.165, 1.54) is 0 Å². The van der Waals surface area contributed by atoms with Crippen LogP contribution in [0.2, 0.25) is 0 Å². The van der Waals surface area contributed by atoms with Gasteiger partial charge in [-0.2, -0.15) is 13.2 Å². The van der Waals surface area contributed by atoms with E-state index >= 15 is 0 Å². The summed E-state index contributed by atoms with van der Waals surface area (Å²) in [7, 11) is 1.89. The number of halogens is 3. The van der Waals surface area contributed by atoms with Crippen molar-refractivity contribution in [2.75, 3.05) is 33.2 Å². The van der Waals surface area contributed by atoms with Crippen LogP contribution in [-0.2, 0) is 0 Å². The van der Waals surface area contributed by atoms with Crippen molar-refractivity contribution in [1.82, 2.24) is 10.2 Å². The van der Waals surface area contributed by atoms with Gasteiger partial charge in [0.1, 0.15) is 0 Å². The van der Waals surface area contributed by atoms with Crippen LogP contribution in [0.5, 0.6) is 0 Å². The lowest BCUT2D eigenvalue weighted by Crippen LogP contribution is -2.47. The van der Waals surface area contributed by atoms with Crippen molar-refractivity contribution in [1.29, 1.82) is 0 Å². The second kappa shape index (κ2) is 6.93. The number of rotatable bonds is 6. The Labute approximate surface area is 114 Å². The molecule has 0 aromatic heterocycles. The Kier molecular flexibility index (Phi) is 6.12. The second-order valence-electron chi connectivity index (χ2n) is 6.13. The Bertz CT molecular complexity index is 258. The highest BCUT2D eigenvalue weighted by Gasteiger charge is 2.38. The van der Waals surface area contributed by atoms with Gasteiger partial charge in [-0.3, -0.25) is 4.90 Å². The zero-order valence-corrected chi connectivity index (χ0v) is 12.3. The van der Waals surface area contributed by atoms with E-state index in [0.29, 0.717) is 19.0 Å². The summed E-state index contributed by atoms with van der Waals surface area (Å²) in [6.45, 7) is 5.08. The minimum absolute atomic E-state index is 0.0164. The minimum atomic E-state index is -4.10. The Balaban J connectivity index is 2.65. The zero-order valence-electron chi connectivity index (χ0n) is 12.3. The molecule has 19 heavy (non-hydrogen) atoms. The number of nitrogens with one attached hydrogen (secondary N) is 1. The molecule has 0 spiro atoms. The molecule has 0 aliphatic heterocycles. The SMILES string of the molecule is CCN(CC(F)(F)F)CC1(CNC)CCC(C)CC1. The molecular weight excluding hydrogens is 253 g/mol. The Morgan fingerprint density at radius 1 is 1.26 bits per heavy atom. The molecule has 114 valence electrons. The quantitative estimate of drug-likeness (QED) is 0.803. The molecule has 0 saturated heterocycles. The first-order valence-corrected chi connectivity index (χ1v) is 7.24. The smallest absolute Gasteiger partial charge is 0.319 e. The molecule has 1 saturated carbocycles. The minimum Gasteiger partial charge on any atom is -0.319 e. The fourth-order valence-electron chi connectivity index (χ4n) is 3.15. The van der Waals surface area contributed by atoms with Gasteiger partial charge in [0.15, 0.2) is 0 Å². The van der Waals surface area contributed by atoms with Gasteiger partial charge in [-0.05, 0) is 37.8 Å². The van der Waals surface area contributed by atoms with Gasteiger partial charge in [-0.25, -0.2) is 0 Å². The van der Waals surface area contributed by atoms with Gasteiger partial charge in [0, 0.05) is 13.1 Å². The second-order valence-corrected chi connectivity index (χ2v) is 6.13. The van der Waals surface area contributed by atoms with Gasteiger partial charge in [-0.15, -0.1) is 0 Å². The molecule has 0 amide bonds. The lowest BCUT2D eigenvalue weighted by atomic mass is 9.70. The van der Waals surface area contributed by atoms with Gasteiger partial charge in [0.25, 0.3) is 0 Å². The average molecular weight is 280 g/mol. The van der Waals surface area contributed by atoms with Crippen molar-refractivity contribution in [3.05, 3.63) is 0 Å². The molecule has 0 heterocycles. The normalized spacial score (nSPS) is 28.9. The molecular formula is C14H27F3N2. The molecule has 5 heteroatoms. The third kappa shape index (κ3) is 5.69. The molecule has 1 aliphatic carbocycles. The van der Waals surface area contributed by atoms with Crippen LogP contribution >= 0.6 is 0 Å². The van der Waals surface area contributed by atoms with Crippen LogP contribution in [0.1, 0.15) is 39.5 Å². The summed E-state index contributed by atoms with van der Waals surface area (Å²) in [5.41, 5.74) is 0.0164. The van der Waals surface area contributed by atoms with Crippen molar-refractivity contribution in [2.24, 2.45) is 11.3 Å². The van der Waals surface area contributed by atoms with Gasteiger partial charge >= 0.3 is 6.18 Å². The monoisotopic (exact) mass is 280 g/mol. The van der Waals surface area contributed by atoms with E-state index in [1.807, 2.05) is 14.0 Å². The van der Waals surface area contributed by atoms with Crippen LogP contribution in [-0.4, -0.2) is 44.3 Å². The molecule has 1 aliphatic rings. The third-order valence-corrected chi connectivity index (χ3v) is 4.30. The fourth-order valence-corrected chi connectivity index (χ4v) is 3.15. The highest BCUT2D eigenvalue weighted by Crippen LogP contribution is 2.39. The van der Waals surface area contributed by atoms with Crippen molar-refractivity contribution in [3.63, 3.8) is 0 Å². The van der Waals surface area contributed by atoms with Crippen LogP contribution in [0, 0.1) is 11.3 Å². The van der Waals surface area contributed by atoms with E-state index in [9.17, 15) is 13.2 Å². The lowest BCUT2D eigenvalue weighted by Gasteiger charge is -2.42. The summed E-state index contributed by atoms with van der Waals surface area (Å²) in [6, 6.07) is 0. The highest BCUT2D eigenvalue weighted by atomic mass is 19.4. The summed E-state index contributed by atoms with van der Waals surface area (Å²) in [4.78, 5) is 1.55. The molecule has 2 nitrogen and oxygen atoms in total. The van der Waals surface area contributed by atoms with Crippen molar-refractivity contribution >= 4 is 0 Å². The van der Waals surface area contributed by atoms with Crippen LogP contribution in [0.25, 0.3) is 0 Å². The molecule has 0 atom stereocenters. The third-order valence-electron chi connectivity index (χ3n) is 4.30. The van der Waals surface area contributed by atoms with E-state index in [4.69, 9.17) is 0 Å². The molecule has 0 aromatic rings. The lowest BCUT2D eigenvalue weighted by molar-refractivity contribution is -0.149. The zero-order chi connectivity index (χ0) is 14.5. The van der Waals surface area contributed by atoms with Crippen LogP contribution in [0.3, 0.4) is 0 Å². The predicted octanol–water partition coefficient (Wildman–Crippen LogP) is 3.29.